The van der Waals surface area contributed by atoms with E-state index in [0.29, 0.717) is 29.6 Å². The van der Waals surface area contributed by atoms with Gasteiger partial charge in [-0.1, -0.05) is 24.9 Å². The SMILES string of the molecule is CCCCOCCCNC(=O)c1cc(NC)ncc1Cl. The van der Waals surface area contributed by atoms with E-state index in [1.54, 1.807) is 13.1 Å². The van der Waals surface area contributed by atoms with Crippen LogP contribution in [-0.2, 0) is 4.74 Å². The Morgan fingerprint density at radius 2 is 2.15 bits per heavy atom. The maximum absolute atomic E-state index is 12.0. The Labute approximate surface area is 125 Å². The lowest BCUT2D eigenvalue weighted by atomic mass is 10.2. The molecule has 20 heavy (non-hydrogen) atoms. The highest BCUT2D eigenvalue weighted by atomic mass is 35.5. The second-order valence-electron chi connectivity index (χ2n) is 4.37. The van der Waals surface area contributed by atoms with E-state index in [1.807, 2.05) is 0 Å². The number of carbonyl (C=O) groups is 1. The Balaban J connectivity index is 2.32. The van der Waals surface area contributed by atoms with Crippen molar-refractivity contribution in [2.75, 3.05) is 32.1 Å². The second-order valence-corrected chi connectivity index (χ2v) is 4.78. The summed E-state index contributed by atoms with van der Waals surface area (Å²) in [5.41, 5.74) is 0.429. The average Bonchev–Trinajstić information content (AvgIpc) is 2.46. The molecule has 0 saturated carbocycles. The number of hydrogen-bond donors (Lipinski definition) is 2. The molecule has 0 atom stereocenters. The first-order valence-corrected chi connectivity index (χ1v) is 7.26. The number of anilines is 1. The minimum absolute atomic E-state index is 0.192. The molecular weight excluding hydrogens is 278 g/mol. The van der Waals surface area contributed by atoms with E-state index in [2.05, 4.69) is 22.5 Å². The van der Waals surface area contributed by atoms with E-state index in [4.69, 9.17) is 16.3 Å². The van der Waals surface area contributed by atoms with Crippen molar-refractivity contribution in [3.63, 3.8) is 0 Å². The Morgan fingerprint density at radius 1 is 1.40 bits per heavy atom. The number of pyridine rings is 1. The van der Waals surface area contributed by atoms with Gasteiger partial charge in [0.1, 0.15) is 5.82 Å². The van der Waals surface area contributed by atoms with Crippen molar-refractivity contribution < 1.29 is 9.53 Å². The topological polar surface area (TPSA) is 63.2 Å². The van der Waals surface area contributed by atoms with Crippen LogP contribution in [0.15, 0.2) is 12.3 Å². The molecule has 112 valence electrons. The van der Waals surface area contributed by atoms with Crippen LogP contribution in [0.2, 0.25) is 5.02 Å². The van der Waals surface area contributed by atoms with Crippen molar-refractivity contribution in [1.82, 2.24) is 10.3 Å². The fourth-order valence-corrected chi connectivity index (χ4v) is 1.76. The summed E-state index contributed by atoms with van der Waals surface area (Å²) in [6.45, 7) is 4.14. The zero-order chi connectivity index (χ0) is 14.8. The van der Waals surface area contributed by atoms with Gasteiger partial charge >= 0.3 is 0 Å². The molecule has 0 aliphatic carbocycles. The van der Waals surface area contributed by atoms with Crippen molar-refractivity contribution in [1.29, 1.82) is 0 Å². The normalized spacial score (nSPS) is 10.3. The van der Waals surface area contributed by atoms with Crippen LogP contribution in [0.25, 0.3) is 0 Å². The maximum Gasteiger partial charge on any atom is 0.252 e. The van der Waals surface area contributed by atoms with Gasteiger partial charge in [0, 0.05) is 33.0 Å². The summed E-state index contributed by atoms with van der Waals surface area (Å²) in [5.74, 6) is 0.421. The second kappa shape index (κ2) is 9.55. The van der Waals surface area contributed by atoms with Gasteiger partial charge < -0.3 is 15.4 Å². The van der Waals surface area contributed by atoms with Crippen LogP contribution in [0, 0.1) is 0 Å². The summed E-state index contributed by atoms with van der Waals surface area (Å²) >= 11 is 5.97. The summed E-state index contributed by atoms with van der Waals surface area (Å²) in [7, 11) is 1.74. The van der Waals surface area contributed by atoms with Gasteiger partial charge in [-0.25, -0.2) is 4.98 Å². The third-order valence-electron chi connectivity index (χ3n) is 2.75. The first-order valence-electron chi connectivity index (χ1n) is 6.88. The molecule has 0 aliphatic heterocycles. The molecule has 0 spiro atoms. The fourth-order valence-electron chi connectivity index (χ4n) is 1.57. The highest BCUT2D eigenvalue weighted by Gasteiger charge is 2.11. The third kappa shape index (κ3) is 5.75. The zero-order valence-electron chi connectivity index (χ0n) is 12.0. The summed E-state index contributed by atoms with van der Waals surface area (Å²) in [6.07, 6.45) is 4.46. The Morgan fingerprint density at radius 3 is 2.85 bits per heavy atom. The van der Waals surface area contributed by atoms with Gasteiger partial charge in [-0.05, 0) is 18.9 Å². The third-order valence-corrected chi connectivity index (χ3v) is 3.05. The molecule has 0 radical (unpaired) electrons. The number of nitrogens with zero attached hydrogens (tertiary/aromatic N) is 1. The lowest BCUT2D eigenvalue weighted by Crippen LogP contribution is -2.25. The van der Waals surface area contributed by atoms with Gasteiger partial charge in [0.05, 0.1) is 10.6 Å². The predicted molar refractivity (Wildman–Crippen MR) is 81.5 cm³/mol. The lowest BCUT2D eigenvalue weighted by molar-refractivity contribution is 0.0940. The van der Waals surface area contributed by atoms with Gasteiger partial charge in [-0.2, -0.15) is 0 Å². The largest absolute Gasteiger partial charge is 0.381 e. The first kappa shape index (κ1) is 16.7. The van der Waals surface area contributed by atoms with E-state index in [-0.39, 0.29) is 5.91 Å². The predicted octanol–water partition coefficient (Wildman–Crippen LogP) is 2.71. The highest BCUT2D eigenvalue weighted by molar-refractivity contribution is 6.33. The fraction of sp³-hybridized carbons (Fsp3) is 0.571. The Bertz CT molecular complexity index is 427. The number of rotatable bonds is 9. The number of unbranched alkanes of at least 4 members (excludes halogenated alkanes) is 1. The molecule has 0 unspecified atom stereocenters. The first-order chi connectivity index (χ1) is 9.69. The van der Waals surface area contributed by atoms with Crippen molar-refractivity contribution in [3.8, 4) is 0 Å². The number of ether oxygens (including phenoxy) is 1. The smallest absolute Gasteiger partial charge is 0.252 e. The van der Waals surface area contributed by atoms with E-state index in [9.17, 15) is 4.79 Å². The highest BCUT2D eigenvalue weighted by Crippen LogP contribution is 2.17. The van der Waals surface area contributed by atoms with Crippen LogP contribution in [0.1, 0.15) is 36.5 Å². The molecule has 0 saturated heterocycles. The van der Waals surface area contributed by atoms with Crippen molar-refractivity contribution >= 4 is 23.3 Å². The summed E-state index contributed by atoms with van der Waals surface area (Å²) in [4.78, 5) is 16.0. The van der Waals surface area contributed by atoms with Crippen LogP contribution >= 0.6 is 11.6 Å². The lowest BCUT2D eigenvalue weighted by Gasteiger charge is -2.08. The molecule has 0 bridgehead atoms. The molecule has 0 aromatic carbocycles. The molecule has 1 aromatic heterocycles. The molecule has 2 N–H and O–H groups in total. The summed E-state index contributed by atoms with van der Waals surface area (Å²) < 4.78 is 5.42. The number of amides is 1. The molecule has 5 nitrogen and oxygen atoms in total. The van der Waals surface area contributed by atoms with Gasteiger partial charge in [0.25, 0.3) is 5.91 Å². The summed E-state index contributed by atoms with van der Waals surface area (Å²) in [5, 5.41) is 6.05. The van der Waals surface area contributed by atoms with Crippen LogP contribution in [0.3, 0.4) is 0 Å². The van der Waals surface area contributed by atoms with Gasteiger partial charge in [0.2, 0.25) is 0 Å². The van der Waals surface area contributed by atoms with Gasteiger partial charge in [0.15, 0.2) is 0 Å². The van der Waals surface area contributed by atoms with Gasteiger partial charge in [-0.15, -0.1) is 0 Å². The zero-order valence-corrected chi connectivity index (χ0v) is 12.8. The molecule has 1 heterocycles. The van der Waals surface area contributed by atoms with Crippen LogP contribution in [0.4, 0.5) is 5.82 Å². The Hall–Kier alpha value is -1.33. The van der Waals surface area contributed by atoms with Crippen LogP contribution in [-0.4, -0.2) is 37.7 Å². The molecular formula is C14H22ClN3O2. The number of carbonyl (C=O) groups excluding carboxylic acids is 1. The van der Waals surface area contributed by atoms with E-state index in [1.165, 1.54) is 6.20 Å². The van der Waals surface area contributed by atoms with Crippen LogP contribution in [0.5, 0.6) is 0 Å². The quantitative estimate of drug-likeness (QED) is 0.688. The minimum atomic E-state index is -0.192. The van der Waals surface area contributed by atoms with E-state index in [0.717, 1.165) is 25.9 Å². The molecule has 1 amide bonds. The molecule has 0 aliphatic rings. The number of hydrogen-bond acceptors (Lipinski definition) is 4. The van der Waals surface area contributed by atoms with Gasteiger partial charge in [-0.3, -0.25) is 4.79 Å². The van der Waals surface area contributed by atoms with Crippen molar-refractivity contribution in [2.24, 2.45) is 0 Å². The Kier molecular flexibility index (Phi) is 7.99. The monoisotopic (exact) mass is 299 g/mol. The van der Waals surface area contributed by atoms with Crippen LogP contribution < -0.4 is 10.6 Å². The average molecular weight is 300 g/mol. The number of aromatic nitrogens is 1. The molecule has 6 heteroatoms. The minimum Gasteiger partial charge on any atom is -0.381 e. The molecule has 1 rings (SSSR count). The van der Waals surface area contributed by atoms with Crippen molar-refractivity contribution in [2.45, 2.75) is 26.2 Å². The van der Waals surface area contributed by atoms with Crippen molar-refractivity contribution in [3.05, 3.63) is 22.8 Å². The molecule has 1 aromatic rings. The summed E-state index contributed by atoms with van der Waals surface area (Å²) in [6, 6.07) is 1.63. The van der Waals surface area contributed by atoms with E-state index < -0.39 is 0 Å². The maximum atomic E-state index is 12.0. The van der Waals surface area contributed by atoms with E-state index >= 15 is 0 Å². The standard InChI is InChI=1S/C14H22ClN3O2/c1-3-4-7-20-8-5-6-17-14(19)11-9-13(16-2)18-10-12(11)15/h9-10H,3-8H2,1-2H3,(H,16,18)(H,17,19). The number of halogens is 1. The molecule has 0 fully saturated rings. The number of nitrogens with one attached hydrogen (secondary N) is 2.